The minimum absolute atomic E-state index is 0. The Labute approximate surface area is 192 Å². The second-order valence-corrected chi connectivity index (χ2v) is 3.87. The van der Waals surface area contributed by atoms with Crippen LogP contribution in [0.25, 0.3) is 0 Å². The quantitative estimate of drug-likeness (QED) is 0.147. The largest absolute Gasteiger partial charge is 2.00 e. The Morgan fingerprint density at radius 3 is 0.833 bits per heavy atom. The molecule has 30 heavy (non-hydrogen) atoms. The zero-order valence-electron chi connectivity index (χ0n) is 18.3. The minimum Gasteiger partial charge on any atom is -0.550 e. The third-order valence-corrected chi connectivity index (χ3v) is 0.642. The van der Waals surface area contributed by atoms with E-state index in [1.54, 1.807) is 0 Å². The molecule has 0 saturated carbocycles. The molecule has 0 aromatic rings. The minimum atomic E-state index is -1.08. The van der Waals surface area contributed by atoms with Crippen LogP contribution in [-0.2, 0) is 24.0 Å². The molecule has 0 spiro atoms. The van der Waals surface area contributed by atoms with Crippen LogP contribution >= 0.6 is 0 Å². The molecule has 14 N–H and O–H groups in total. The molecule has 0 amide bonds. The Morgan fingerprint density at radius 2 is 0.767 bits per heavy atom. The van der Waals surface area contributed by atoms with E-state index in [-0.39, 0.29) is 35.4 Å². The first-order valence-corrected chi connectivity index (χ1v) is 7.12. The maximum atomic E-state index is 9.00. The van der Waals surface area contributed by atoms with Gasteiger partial charge in [0.15, 0.2) is 0 Å². The summed E-state index contributed by atoms with van der Waals surface area (Å²) in [4.78, 5) is 44.8. The number of nitrogens with one attached hydrogen (secondary N) is 1. The molecule has 0 atom stereocenters. The number of aliphatic carboxylic acids is 5. The fourth-order valence-electron chi connectivity index (χ4n) is 0.329. The van der Waals surface area contributed by atoms with Gasteiger partial charge < -0.3 is 64.2 Å². The van der Waals surface area contributed by atoms with Crippen molar-refractivity contribution in [1.29, 1.82) is 0 Å². The summed E-state index contributed by atoms with van der Waals surface area (Å²) in [7, 11) is 0. The van der Waals surface area contributed by atoms with Crippen molar-refractivity contribution in [2.24, 2.45) is 11.5 Å². The van der Waals surface area contributed by atoms with Gasteiger partial charge in [-0.25, -0.2) is 0 Å². The van der Waals surface area contributed by atoms with Crippen molar-refractivity contribution in [3.8, 4) is 0 Å². The van der Waals surface area contributed by atoms with Crippen LogP contribution in [0.4, 0.5) is 0 Å². The second-order valence-electron chi connectivity index (χ2n) is 3.87. The maximum absolute atomic E-state index is 9.00. The number of hydrogen-bond acceptors (Lipinski definition) is 12. The number of carbonyl (C=O) groups is 5. The number of carboxylic acid groups (broad SMARTS) is 5. The van der Waals surface area contributed by atoms with Crippen molar-refractivity contribution in [3.63, 3.8) is 0 Å². The number of rotatable bonds is 4. The van der Waals surface area contributed by atoms with Crippen molar-refractivity contribution in [2.45, 2.75) is 34.6 Å². The molecular formula is C14H37MgN5O10. The van der Waals surface area contributed by atoms with Crippen LogP contribution in [0.3, 0.4) is 0 Å². The van der Waals surface area contributed by atoms with E-state index in [1.165, 1.54) is 0 Å². The Morgan fingerprint density at radius 1 is 0.667 bits per heavy atom. The summed E-state index contributed by atoms with van der Waals surface area (Å²) < 4.78 is 0. The van der Waals surface area contributed by atoms with E-state index in [1.807, 2.05) is 0 Å². The number of hydrogen-bond donors (Lipinski definition) is 8. The predicted octanol–water partition coefficient (Wildman–Crippen LogP) is -3.78. The number of carbonyl (C=O) groups excluding carboxylic acids is 2. The zero-order chi connectivity index (χ0) is 23.4. The molecule has 15 nitrogen and oxygen atoms in total. The van der Waals surface area contributed by atoms with Crippen LogP contribution in [0.15, 0.2) is 0 Å². The first-order chi connectivity index (χ1) is 12.1. The zero-order valence-corrected chi connectivity index (χ0v) is 19.7. The molecule has 0 aliphatic carbocycles. The van der Waals surface area contributed by atoms with Crippen LogP contribution in [0.5, 0.6) is 0 Å². The van der Waals surface area contributed by atoms with Crippen LogP contribution < -0.4 is 39.3 Å². The van der Waals surface area contributed by atoms with Crippen LogP contribution in [0.2, 0.25) is 0 Å². The molecule has 180 valence electrons. The Bertz CT molecular complexity index is 294. The molecule has 0 aromatic carbocycles. The molecule has 0 aromatic heterocycles. The van der Waals surface area contributed by atoms with Gasteiger partial charge in [0.1, 0.15) is 0 Å². The average molecular weight is 460 g/mol. The third-order valence-electron chi connectivity index (χ3n) is 0.642. The summed E-state index contributed by atoms with van der Waals surface area (Å²) in [5.74, 6) is -4.67. The van der Waals surface area contributed by atoms with Crippen molar-refractivity contribution in [2.75, 3.05) is 26.2 Å². The van der Waals surface area contributed by atoms with E-state index in [2.05, 4.69) is 5.32 Å². The van der Waals surface area contributed by atoms with Gasteiger partial charge in [0.05, 0.1) is 0 Å². The van der Waals surface area contributed by atoms with E-state index in [0.717, 1.165) is 47.7 Å². The fraction of sp³-hybridized carbons (Fsp3) is 0.643. The summed E-state index contributed by atoms with van der Waals surface area (Å²) in [6.45, 7) is 8.33. The van der Waals surface area contributed by atoms with Crippen molar-refractivity contribution in [1.82, 2.24) is 17.6 Å². The molecule has 0 aliphatic rings. The van der Waals surface area contributed by atoms with Gasteiger partial charge in [0.2, 0.25) is 0 Å². The van der Waals surface area contributed by atoms with Crippen molar-refractivity contribution < 1.29 is 49.5 Å². The van der Waals surface area contributed by atoms with Gasteiger partial charge >= 0.3 is 23.1 Å². The van der Waals surface area contributed by atoms with E-state index in [0.29, 0.717) is 13.1 Å². The third kappa shape index (κ3) is 4380. The van der Waals surface area contributed by atoms with Crippen molar-refractivity contribution in [3.05, 3.63) is 0 Å². The van der Waals surface area contributed by atoms with E-state index < -0.39 is 29.8 Å². The maximum Gasteiger partial charge on any atom is 2.00 e. The predicted molar refractivity (Wildman–Crippen MR) is 108 cm³/mol. The molecule has 0 bridgehead atoms. The van der Waals surface area contributed by atoms with Crippen LogP contribution in [-0.4, -0.2) is 94.4 Å². The van der Waals surface area contributed by atoms with Crippen LogP contribution in [0, 0.1) is 0 Å². The fourth-order valence-corrected chi connectivity index (χ4v) is 0.329. The van der Waals surface area contributed by atoms with Gasteiger partial charge in [-0.15, -0.1) is 0 Å². The van der Waals surface area contributed by atoms with Gasteiger partial charge in [0.25, 0.3) is 17.9 Å². The molecular weight excluding hydrogens is 422 g/mol. The Kier molecular flexibility index (Phi) is 106. The molecule has 0 radical (unpaired) electrons. The van der Waals surface area contributed by atoms with Gasteiger partial charge in [-0.2, -0.15) is 0 Å². The molecule has 0 saturated heterocycles. The summed E-state index contributed by atoms with van der Waals surface area (Å²) in [6.07, 6.45) is 0. The molecule has 0 unspecified atom stereocenters. The first-order valence-electron chi connectivity index (χ1n) is 7.12. The molecule has 0 rings (SSSR count). The molecule has 0 heterocycles. The van der Waals surface area contributed by atoms with Gasteiger partial charge in [0, 0.05) is 58.9 Å². The normalized spacial score (nSPS) is 6.37. The van der Waals surface area contributed by atoms with Gasteiger partial charge in [-0.05, 0) is 13.8 Å². The molecule has 0 aliphatic heterocycles. The number of carboxylic acids is 5. The van der Waals surface area contributed by atoms with Gasteiger partial charge in [-0.3, -0.25) is 14.4 Å². The SMILES string of the molecule is CC(=O)O.CC(=O)O.CC(=O)O.CC(=O)[O-].CC(=O)[O-].N.N.NCCNCCN.[Mg+2]. The second kappa shape index (κ2) is 56.3. The average Bonchev–Trinajstić information content (AvgIpc) is 2.35. The Hall–Kier alpha value is -2.08. The van der Waals surface area contributed by atoms with Crippen molar-refractivity contribution >= 4 is 52.9 Å². The van der Waals surface area contributed by atoms with E-state index in [9.17, 15) is 0 Å². The standard InChI is InChI=1S/C4H13N3.5C2H4O2.Mg.2H3N/c5-1-3-7-4-2-6;5*1-2(3)4;;;/h7H,1-6H2;5*1H3,(H,3,4);;2*1H3/q;;;;;;+2;;/p-2. The summed E-state index contributed by atoms with van der Waals surface area (Å²) in [5.41, 5.74) is 10.3. The summed E-state index contributed by atoms with van der Waals surface area (Å²) in [5, 5.41) is 43.1. The Balaban J connectivity index is -0.0000000251. The topological polar surface area (TPSA) is 326 Å². The van der Waals surface area contributed by atoms with Crippen LogP contribution in [0.1, 0.15) is 34.6 Å². The first kappa shape index (κ1) is 56.5. The summed E-state index contributed by atoms with van der Waals surface area (Å²) in [6, 6.07) is 0. The molecule has 0 fully saturated rings. The summed E-state index contributed by atoms with van der Waals surface area (Å²) >= 11 is 0. The van der Waals surface area contributed by atoms with E-state index >= 15 is 0 Å². The van der Waals surface area contributed by atoms with E-state index in [4.69, 9.17) is 61.0 Å². The number of nitrogens with two attached hydrogens (primary N) is 2. The monoisotopic (exact) mass is 459 g/mol. The van der Waals surface area contributed by atoms with Gasteiger partial charge in [-0.1, -0.05) is 0 Å². The smallest absolute Gasteiger partial charge is 0.550 e. The molecule has 16 heteroatoms.